The van der Waals surface area contributed by atoms with Crippen molar-refractivity contribution in [3.63, 3.8) is 0 Å². The Kier molecular flexibility index (Phi) is 3.15. The monoisotopic (exact) mass is 218 g/mol. The van der Waals surface area contributed by atoms with Crippen molar-refractivity contribution < 1.29 is 34.4 Å². The summed E-state index contributed by atoms with van der Waals surface area (Å²) in [7, 11) is 0. The van der Waals surface area contributed by atoms with Crippen molar-refractivity contribution in [2.45, 2.75) is 19.1 Å². The van der Waals surface area contributed by atoms with Crippen molar-refractivity contribution in [3.05, 3.63) is 11.5 Å². The largest absolute Gasteiger partial charge is 0.505 e. The van der Waals surface area contributed by atoms with E-state index >= 15 is 0 Å². The Labute approximate surface area is 84.5 Å². The molecule has 0 aliphatic carbocycles. The maximum absolute atomic E-state index is 11.0. The van der Waals surface area contributed by atoms with Crippen LogP contribution in [0.1, 0.15) is 6.92 Å². The van der Waals surface area contributed by atoms with Crippen molar-refractivity contribution in [2.75, 3.05) is 6.61 Å². The molecule has 0 fully saturated rings. The second kappa shape index (κ2) is 4.18. The molecule has 1 aliphatic heterocycles. The second-order valence-corrected chi connectivity index (χ2v) is 2.76. The number of aliphatic hydroxyl groups excluding tert-OH is 3. The third-order valence-electron chi connectivity index (χ3n) is 1.75. The zero-order valence-electron chi connectivity index (χ0n) is 7.84. The molecular weight excluding hydrogens is 208 g/mol. The molecule has 0 saturated heterocycles. The minimum Gasteiger partial charge on any atom is -0.505 e. The van der Waals surface area contributed by atoms with E-state index in [0.717, 1.165) is 0 Å². The molecule has 0 saturated carbocycles. The first-order chi connectivity index (χ1) is 6.99. The molecule has 15 heavy (non-hydrogen) atoms. The zero-order valence-corrected chi connectivity index (χ0v) is 7.84. The second-order valence-electron chi connectivity index (χ2n) is 2.76. The maximum Gasteiger partial charge on any atom is 0.378 e. The van der Waals surface area contributed by atoms with E-state index in [4.69, 9.17) is 10.2 Å². The fourth-order valence-electron chi connectivity index (χ4n) is 1.03. The lowest BCUT2D eigenvalue weighted by atomic mass is 10.2. The van der Waals surface area contributed by atoms with E-state index < -0.39 is 35.7 Å². The van der Waals surface area contributed by atoms with E-state index in [1.807, 2.05) is 0 Å². The highest BCUT2D eigenvalue weighted by Crippen LogP contribution is 2.21. The molecule has 7 heteroatoms. The van der Waals surface area contributed by atoms with Crippen LogP contribution in [0.5, 0.6) is 0 Å². The summed E-state index contributed by atoms with van der Waals surface area (Å²) >= 11 is 0. The predicted octanol–water partition coefficient (Wildman–Crippen LogP) is -0.837. The third-order valence-corrected chi connectivity index (χ3v) is 1.75. The summed E-state index contributed by atoms with van der Waals surface area (Å²) in [5.74, 6) is -4.12. The number of ether oxygens (including phenoxy) is 2. The molecule has 84 valence electrons. The van der Waals surface area contributed by atoms with Gasteiger partial charge in [-0.15, -0.1) is 0 Å². The van der Waals surface area contributed by atoms with Gasteiger partial charge in [0, 0.05) is 0 Å². The van der Waals surface area contributed by atoms with Gasteiger partial charge >= 0.3 is 11.9 Å². The molecular formula is C8H10O7. The minimum atomic E-state index is -1.85. The van der Waals surface area contributed by atoms with Gasteiger partial charge in [0.1, 0.15) is 0 Å². The molecule has 0 radical (unpaired) electrons. The van der Waals surface area contributed by atoms with Gasteiger partial charge in [-0.3, -0.25) is 0 Å². The highest BCUT2D eigenvalue weighted by molar-refractivity contribution is 5.90. The van der Waals surface area contributed by atoms with E-state index in [-0.39, 0.29) is 6.61 Å². The fourth-order valence-corrected chi connectivity index (χ4v) is 1.03. The van der Waals surface area contributed by atoms with Gasteiger partial charge < -0.3 is 24.8 Å². The number of esters is 2. The number of hydrogen-bond donors (Lipinski definition) is 3. The molecule has 2 unspecified atom stereocenters. The molecule has 7 nitrogen and oxygen atoms in total. The molecule has 0 amide bonds. The quantitative estimate of drug-likeness (QED) is 0.529. The van der Waals surface area contributed by atoms with E-state index in [1.165, 1.54) is 6.92 Å². The average Bonchev–Trinajstić information content (AvgIpc) is 2.45. The van der Waals surface area contributed by atoms with Crippen LogP contribution in [0, 0.1) is 0 Å². The third kappa shape index (κ3) is 2.01. The van der Waals surface area contributed by atoms with E-state index in [1.54, 1.807) is 0 Å². The molecule has 1 heterocycles. The summed E-state index contributed by atoms with van der Waals surface area (Å²) in [6, 6.07) is 0. The SMILES string of the molecule is CCOC(=O)C(O)C1OC(=O)C(O)=C1O. The molecule has 2 atom stereocenters. The molecule has 0 bridgehead atoms. The summed E-state index contributed by atoms with van der Waals surface area (Å²) in [6.07, 6.45) is -3.45. The number of carbonyl (C=O) groups is 2. The molecule has 3 N–H and O–H groups in total. The number of hydrogen-bond acceptors (Lipinski definition) is 7. The van der Waals surface area contributed by atoms with Crippen molar-refractivity contribution in [2.24, 2.45) is 0 Å². The average molecular weight is 218 g/mol. The van der Waals surface area contributed by atoms with Crippen LogP contribution in [0.3, 0.4) is 0 Å². The zero-order chi connectivity index (χ0) is 11.6. The van der Waals surface area contributed by atoms with Gasteiger partial charge in [-0.1, -0.05) is 0 Å². The van der Waals surface area contributed by atoms with Crippen LogP contribution in [0.25, 0.3) is 0 Å². The number of rotatable bonds is 3. The van der Waals surface area contributed by atoms with Crippen LogP contribution >= 0.6 is 0 Å². The summed E-state index contributed by atoms with van der Waals surface area (Å²) in [4.78, 5) is 21.7. The molecule has 0 aromatic rings. The van der Waals surface area contributed by atoms with Gasteiger partial charge in [-0.25, -0.2) is 9.59 Å². The summed E-state index contributed by atoms with van der Waals surface area (Å²) < 4.78 is 8.79. The number of carbonyl (C=O) groups excluding carboxylic acids is 2. The Hall–Kier alpha value is -1.76. The van der Waals surface area contributed by atoms with E-state index in [9.17, 15) is 14.7 Å². The lowest BCUT2D eigenvalue weighted by molar-refractivity contribution is -0.164. The first-order valence-electron chi connectivity index (χ1n) is 4.16. The standard InChI is InChI=1S/C8H10O7/c1-2-14-7(12)5(11)6-3(9)4(10)8(13)15-6/h5-6,9-11H,2H2,1H3. The van der Waals surface area contributed by atoms with Crippen LogP contribution in [-0.4, -0.2) is 46.1 Å². The highest BCUT2D eigenvalue weighted by Gasteiger charge is 2.42. The van der Waals surface area contributed by atoms with Crippen molar-refractivity contribution in [3.8, 4) is 0 Å². The number of aliphatic hydroxyl groups is 3. The van der Waals surface area contributed by atoms with Crippen LogP contribution < -0.4 is 0 Å². The fraction of sp³-hybridized carbons (Fsp3) is 0.500. The summed E-state index contributed by atoms with van der Waals surface area (Å²) in [5, 5.41) is 27.3. The van der Waals surface area contributed by atoms with Crippen LogP contribution in [-0.2, 0) is 19.1 Å². The van der Waals surface area contributed by atoms with Crippen LogP contribution in [0.4, 0.5) is 0 Å². The van der Waals surface area contributed by atoms with Crippen molar-refractivity contribution in [1.29, 1.82) is 0 Å². The number of cyclic esters (lactones) is 1. The lowest BCUT2D eigenvalue weighted by Crippen LogP contribution is -2.37. The van der Waals surface area contributed by atoms with E-state index in [0.29, 0.717) is 0 Å². The molecule has 0 aromatic carbocycles. The van der Waals surface area contributed by atoms with Crippen LogP contribution in [0.15, 0.2) is 11.5 Å². The molecule has 0 spiro atoms. The predicted molar refractivity (Wildman–Crippen MR) is 44.8 cm³/mol. The molecule has 0 aromatic heterocycles. The maximum atomic E-state index is 11.0. The molecule has 1 rings (SSSR count). The topological polar surface area (TPSA) is 113 Å². The van der Waals surface area contributed by atoms with Gasteiger partial charge in [0.05, 0.1) is 6.61 Å². The first kappa shape index (κ1) is 11.3. The first-order valence-corrected chi connectivity index (χ1v) is 4.16. The minimum absolute atomic E-state index is 0.0347. The Morgan fingerprint density at radius 3 is 2.60 bits per heavy atom. The molecule has 1 aliphatic rings. The van der Waals surface area contributed by atoms with Crippen molar-refractivity contribution in [1.82, 2.24) is 0 Å². The van der Waals surface area contributed by atoms with Crippen LogP contribution in [0.2, 0.25) is 0 Å². The Morgan fingerprint density at radius 2 is 2.20 bits per heavy atom. The summed E-state index contributed by atoms with van der Waals surface area (Å²) in [5.41, 5.74) is 0. The van der Waals surface area contributed by atoms with E-state index in [2.05, 4.69) is 9.47 Å². The van der Waals surface area contributed by atoms with Gasteiger partial charge in [-0.2, -0.15) is 0 Å². The summed E-state index contributed by atoms with van der Waals surface area (Å²) in [6.45, 7) is 1.56. The Bertz CT molecular complexity index is 319. The van der Waals surface area contributed by atoms with Gasteiger partial charge in [0.25, 0.3) is 0 Å². The lowest BCUT2D eigenvalue weighted by Gasteiger charge is -2.15. The van der Waals surface area contributed by atoms with Gasteiger partial charge in [-0.05, 0) is 6.92 Å². The van der Waals surface area contributed by atoms with Gasteiger partial charge in [0.15, 0.2) is 18.0 Å². The Balaban J connectivity index is 2.75. The normalized spacial score (nSPS) is 22.5. The van der Waals surface area contributed by atoms with Crippen molar-refractivity contribution >= 4 is 11.9 Å². The highest BCUT2D eigenvalue weighted by atomic mass is 16.6. The van der Waals surface area contributed by atoms with Gasteiger partial charge in [0.2, 0.25) is 5.76 Å². The Morgan fingerprint density at radius 1 is 1.60 bits per heavy atom. The smallest absolute Gasteiger partial charge is 0.378 e.